The molecule has 31 heavy (non-hydrogen) atoms. The Bertz CT molecular complexity index is 1270. The maximum atomic E-state index is 13.3. The lowest BCUT2D eigenvalue weighted by Gasteiger charge is -2.07. The van der Waals surface area contributed by atoms with Crippen molar-refractivity contribution in [3.63, 3.8) is 0 Å². The van der Waals surface area contributed by atoms with E-state index in [-0.39, 0.29) is 21.7 Å². The highest BCUT2D eigenvalue weighted by Crippen LogP contribution is 2.33. The Morgan fingerprint density at radius 1 is 1.13 bits per heavy atom. The van der Waals surface area contributed by atoms with Gasteiger partial charge in [0.05, 0.1) is 11.2 Å². The zero-order valence-electron chi connectivity index (χ0n) is 16.8. The van der Waals surface area contributed by atoms with E-state index >= 15 is 0 Å². The summed E-state index contributed by atoms with van der Waals surface area (Å²) in [6.45, 7) is 3.17. The molecule has 160 valence electrons. The topological polar surface area (TPSA) is 90.0 Å². The predicted molar refractivity (Wildman–Crippen MR) is 119 cm³/mol. The second-order valence-corrected chi connectivity index (χ2v) is 9.31. The molecule has 0 radical (unpaired) electrons. The van der Waals surface area contributed by atoms with Gasteiger partial charge in [0, 0.05) is 36.1 Å². The van der Waals surface area contributed by atoms with Gasteiger partial charge in [-0.15, -0.1) is 0 Å². The third-order valence-corrected chi connectivity index (χ3v) is 6.72. The molecule has 0 spiro atoms. The first-order valence-electron chi connectivity index (χ1n) is 9.72. The molecule has 2 heterocycles. The zero-order chi connectivity index (χ0) is 21.8. The molecule has 0 saturated carbocycles. The Morgan fingerprint density at radius 3 is 2.61 bits per heavy atom. The molecule has 0 bridgehead atoms. The van der Waals surface area contributed by atoms with Crippen LogP contribution in [0.4, 0.5) is 5.88 Å². The van der Waals surface area contributed by atoms with E-state index in [4.69, 9.17) is 16.0 Å². The number of aryl methyl sites for hydroxylation is 2. The molecule has 4 aromatic rings. The predicted octanol–water partition coefficient (Wildman–Crippen LogP) is 4.83. The zero-order valence-corrected chi connectivity index (χ0v) is 18.4. The smallest absolute Gasteiger partial charge is 0.233 e. The van der Waals surface area contributed by atoms with E-state index in [1.807, 2.05) is 42.0 Å². The average Bonchev–Trinajstić information content (AvgIpc) is 3.42. The molecule has 0 aliphatic rings. The Balaban J connectivity index is 1.66. The number of rotatable bonds is 8. The van der Waals surface area contributed by atoms with Crippen molar-refractivity contribution in [1.29, 1.82) is 0 Å². The third-order valence-electron chi connectivity index (χ3n) is 4.79. The Hall–Kier alpha value is -3.10. The number of nitrogens with one attached hydrogen (secondary N) is 1. The van der Waals surface area contributed by atoms with Crippen LogP contribution in [0.5, 0.6) is 0 Å². The highest BCUT2D eigenvalue weighted by molar-refractivity contribution is 7.91. The number of halogens is 1. The number of anilines is 1. The molecule has 2 aromatic carbocycles. The number of hydrogen-bond donors (Lipinski definition) is 1. The molecule has 4 rings (SSSR count). The van der Waals surface area contributed by atoms with Gasteiger partial charge < -0.3 is 14.3 Å². The fourth-order valence-corrected chi connectivity index (χ4v) is 4.54. The van der Waals surface area contributed by atoms with Gasteiger partial charge in [-0.05, 0) is 49.2 Å². The number of oxazole rings is 1. The van der Waals surface area contributed by atoms with Crippen molar-refractivity contribution >= 4 is 27.3 Å². The molecular weight excluding hydrogens is 436 g/mol. The van der Waals surface area contributed by atoms with E-state index in [0.717, 1.165) is 24.1 Å². The second-order valence-electron chi connectivity index (χ2n) is 7.01. The van der Waals surface area contributed by atoms with Crippen LogP contribution in [0, 0.1) is 6.92 Å². The van der Waals surface area contributed by atoms with Gasteiger partial charge in [0.1, 0.15) is 0 Å². The van der Waals surface area contributed by atoms with Gasteiger partial charge in [0.2, 0.25) is 26.6 Å². The normalized spacial score (nSPS) is 11.5. The standard InChI is InChI=1S/C22H21ClN4O3S/c1-16-5-2-3-6-19(16)20-26-22(31(28,29)18-9-7-17(23)8-10-18)21(30-20)25-11-4-13-27-14-12-24-15-27/h2-3,5-10,12,14-15,25H,4,11,13H2,1H3. The van der Waals surface area contributed by atoms with Crippen LogP contribution in [0.3, 0.4) is 0 Å². The van der Waals surface area contributed by atoms with Crippen molar-refractivity contribution in [2.75, 3.05) is 11.9 Å². The maximum Gasteiger partial charge on any atom is 0.233 e. The third kappa shape index (κ3) is 4.65. The number of imidazole rings is 1. The molecule has 0 aliphatic carbocycles. The molecule has 7 nitrogen and oxygen atoms in total. The second kappa shape index (κ2) is 8.95. The SMILES string of the molecule is Cc1ccccc1-c1nc(S(=O)(=O)c2ccc(Cl)cc2)c(NCCCn2ccnc2)o1. The highest BCUT2D eigenvalue weighted by Gasteiger charge is 2.28. The summed E-state index contributed by atoms with van der Waals surface area (Å²) >= 11 is 5.92. The van der Waals surface area contributed by atoms with Crippen molar-refractivity contribution in [3.05, 3.63) is 77.8 Å². The van der Waals surface area contributed by atoms with Crippen LogP contribution in [0.1, 0.15) is 12.0 Å². The number of nitrogens with zero attached hydrogens (tertiary/aromatic N) is 3. The summed E-state index contributed by atoms with van der Waals surface area (Å²) < 4.78 is 34.4. The van der Waals surface area contributed by atoms with Crippen LogP contribution in [-0.4, -0.2) is 29.5 Å². The van der Waals surface area contributed by atoms with E-state index < -0.39 is 9.84 Å². The monoisotopic (exact) mass is 456 g/mol. The highest BCUT2D eigenvalue weighted by atomic mass is 35.5. The summed E-state index contributed by atoms with van der Waals surface area (Å²) in [6.07, 6.45) is 6.08. The van der Waals surface area contributed by atoms with E-state index in [1.165, 1.54) is 24.3 Å². The van der Waals surface area contributed by atoms with Crippen molar-refractivity contribution in [3.8, 4) is 11.5 Å². The molecular formula is C22H21ClN4O3S. The Labute approximate surface area is 185 Å². The first-order chi connectivity index (χ1) is 14.9. The molecule has 0 fully saturated rings. The summed E-state index contributed by atoms with van der Waals surface area (Å²) in [6, 6.07) is 13.5. The van der Waals surface area contributed by atoms with Gasteiger partial charge >= 0.3 is 0 Å². The summed E-state index contributed by atoms with van der Waals surface area (Å²) in [5, 5.41) is 3.42. The van der Waals surface area contributed by atoms with Crippen LogP contribution >= 0.6 is 11.6 Å². The fraction of sp³-hybridized carbons (Fsp3) is 0.182. The first-order valence-corrected chi connectivity index (χ1v) is 11.6. The van der Waals surface area contributed by atoms with Gasteiger partial charge in [-0.1, -0.05) is 29.8 Å². The van der Waals surface area contributed by atoms with Crippen molar-refractivity contribution in [2.45, 2.75) is 29.8 Å². The Morgan fingerprint density at radius 2 is 1.90 bits per heavy atom. The number of hydrogen-bond acceptors (Lipinski definition) is 6. The number of benzene rings is 2. The summed E-state index contributed by atoms with van der Waals surface area (Å²) in [5.74, 6) is 0.376. The molecule has 2 aromatic heterocycles. The number of sulfone groups is 1. The van der Waals surface area contributed by atoms with Crippen LogP contribution in [0.25, 0.3) is 11.5 Å². The first kappa shape index (κ1) is 21.1. The lowest BCUT2D eigenvalue weighted by Crippen LogP contribution is -2.10. The van der Waals surface area contributed by atoms with Gasteiger partial charge in [-0.2, -0.15) is 4.98 Å². The van der Waals surface area contributed by atoms with E-state index in [9.17, 15) is 8.42 Å². The lowest BCUT2D eigenvalue weighted by atomic mass is 10.1. The summed E-state index contributed by atoms with van der Waals surface area (Å²) in [7, 11) is -3.91. The number of aromatic nitrogens is 3. The van der Waals surface area contributed by atoms with Gasteiger partial charge in [-0.3, -0.25) is 0 Å². The van der Waals surface area contributed by atoms with Crippen LogP contribution < -0.4 is 5.32 Å². The van der Waals surface area contributed by atoms with E-state index in [1.54, 1.807) is 12.5 Å². The van der Waals surface area contributed by atoms with Gasteiger partial charge in [0.25, 0.3) is 0 Å². The molecule has 0 atom stereocenters. The minimum absolute atomic E-state index is 0.1000. The average molecular weight is 457 g/mol. The molecule has 0 aliphatic heterocycles. The molecule has 0 amide bonds. The van der Waals surface area contributed by atoms with Gasteiger partial charge in [-0.25, -0.2) is 13.4 Å². The quantitative estimate of drug-likeness (QED) is 0.382. The maximum absolute atomic E-state index is 13.3. The fourth-order valence-electron chi connectivity index (χ4n) is 3.14. The molecule has 9 heteroatoms. The largest absolute Gasteiger partial charge is 0.419 e. The molecule has 1 N–H and O–H groups in total. The molecule has 0 unspecified atom stereocenters. The van der Waals surface area contributed by atoms with E-state index in [0.29, 0.717) is 11.6 Å². The molecule has 0 saturated heterocycles. The van der Waals surface area contributed by atoms with E-state index in [2.05, 4.69) is 15.3 Å². The van der Waals surface area contributed by atoms with Crippen LogP contribution in [-0.2, 0) is 16.4 Å². The minimum Gasteiger partial charge on any atom is -0.419 e. The van der Waals surface area contributed by atoms with Crippen molar-refractivity contribution < 1.29 is 12.8 Å². The lowest BCUT2D eigenvalue weighted by molar-refractivity contribution is 0.571. The van der Waals surface area contributed by atoms with Gasteiger partial charge in [0.15, 0.2) is 0 Å². The van der Waals surface area contributed by atoms with Crippen LogP contribution in [0.2, 0.25) is 5.02 Å². The Kier molecular flexibility index (Phi) is 6.11. The summed E-state index contributed by atoms with van der Waals surface area (Å²) in [4.78, 5) is 8.49. The minimum atomic E-state index is -3.91. The van der Waals surface area contributed by atoms with Crippen LogP contribution in [0.15, 0.2) is 81.6 Å². The van der Waals surface area contributed by atoms with Crippen molar-refractivity contribution in [1.82, 2.24) is 14.5 Å². The van der Waals surface area contributed by atoms with Crippen molar-refractivity contribution in [2.24, 2.45) is 0 Å². The summed E-state index contributed by atoms with van der Waals surface area (Å²) in [5.41, 5.74) is 1.67.